The van der Waals surface area contributed by atoms with Gasteiger partial charge >= 0.3 is 6.09 Å². The van der Waals surface area contributed by atoms with E-state index in [1.54, 1.807) is 39.7 Å². The van der Waals surface area contributed by atoms with Crippen LogP contribution >= 0.6 is 0 Å². The van der Waals surface area contributed by atoms with Gasteiger partial charge in [-0.25, -0.2) is 4.79 Å². The number of hydrogen-bond acceptors (Lipinski definition) is 4. The average molecular weight is 300 g/mol. The summed E-state index contributed by atoms with van der Waals surface area (Å²) < 4.78 is 10.5. The van der Waals surface area contributed by atoms with Crippen LogP contribution in [0.4, 0.5) is 4.79 Å². The summed E-state index contributed by atoms with van der Waals surface area (Å²) >= 11 is 0. The van der Waals surface area contributed by atoms with Crippen LogP contribution in [-0.4, -0.2) is 54.3 Å². The van der Waals surface area contributed by atoms with Crippen LogP contribution in [0.1, 0.15) is 47.5 Å². The SMILES string of the molecule is COC1CCN(C(=O)[C@@H](C)NC(=O)OC(C)(C)C)C(C)C1. The van der Waals surface area contributed by atoms with Crippen LogP contribution in [0.2, 0.25) is 0 Å². The second-order valence-corrected chi connectivity index (χ2v) is 6.63. The molecule has 2 unspecified atom stereocenters. The van der Waals surface area contributed by atoms with Gasteiger partial charge in [0.2, 0.25) is 5.91 Å². The minimum Gasteiger partial charge on any atom is -0.444 e. The van der Waals surface area contributed by atoms with Crippen molar-refractivity contribution in [1.82, 2.24) is 10.2 Å². The van der Waals surface area contributed by atoms with Gasteiger partial charge in [-0.1, -0.05) is 0 Å². The molecule has 6 heteroatoms. The summed E-state index contributed by atoms with van der Waals surface area (Å²) in [5, 5.41) is 2.60. The van der Waals surface area contributed by atoms with Gasteiger partial charge in [-0.15, -0.1) is 0 Å². The molecule has 1 fully saturated rings. The Labute approximate surface area is 127 Å². The van der Waals surface area contributed by atoms with Gasteiger partial charge in [0, 0.05) is 19.7 Å². The van der Waals surface area contributed by atoms with Crippen LogP contribution in [0.5, 0.6) is 0 Å². The van der Waals surface area contributed by atoms with E-state index in [9.17, 15) is 9.59 Å². The Morgan fingerprint density at radius 2 is 1.95 bits per heavy atom. The molecule has 1 heterocycles. The monoisotopic (exact) mass is 300 g/mol. The van der Waals surface area contributed by atoms with E-state index in [1.165, 1.54) is 0 Å². The predicted octanol–water partition coefficient (Wildman–Crippen LogP) is 1.93. The quantitative estimate of drug-likeness (QED) is 0.864. The molecule has 0 radical (unpaired) electrons. The van der Waals surface area contributed by atoms with Crippen LogP contribution in [0, 0.1) is 0 Å². The highest BCUT2D eigenvalue weighted by Crippen LogP contribution is 2.20. The van der Waals surface area contributed by atoms with Crippen molar-refractivity contribution < 1.29 is 19.1 Å². The first-order chi connectivity index (χ1) is 9.64. The van der Waals surface area contributed by atoms with Gasteiger partial charge in [0.1, 0.15) is 11.6 Å². The molecular formula is C15H28N2O4. The Morgan fingerprint density at radius 3 is 2.43 bits per heavy atom. The molecule has 0 saturated carbocycles. The Bertz CT molecular complexity index is 378. The largest absolute Gasteiger partial charge is 0.444 e. The third-order valence-electron chi connectivity index (χ3n) is 3.55. The zero-order chi connectivity index (χ0) is 16.2. The fourth-order valence-corrected chi connectivity index (χ4v) is 2.47. The normalized spacial score (nSPS) is 24.4. The van der Waals surface area contributed by atoms with Gasteiger partial charge < -0.3 is 19.7 Å². The van der Waals surface area contributed by atoms with Crippen molar-refractivity contribution in [2.75, 3.05) is 13.7 Å². The highest BCUT2D eigenvalue weighted by molar-refractivity contribution is 5.85. The van der Waals surface area contributed by atoms with Crippen molar-refractivity contribution in [2.45, 2.75) is 71.2 Å². The Morgan fingerprint density at radius 1 is 1.33 bits per heavy atom. The fraction of sp³-hybridized carbons (Fsp3) is 0.867. The first kappa shape index (κ1) is 17.8. The summed E-state index contributed by atoms with van der Waals surface area (Å²) in [6, 6.07) is -0.486. The number of amides is 2. The van der Waals surface area contributed by atoms with E-state index in [0.717, 1.165) is 12.8 Å². The molecule has 0 aromatic heterocycles. The first-order valence-corrected chi connectivity index (χ1v) is 7.47. The van der Waals surface area contributed by atoms with Gasteiger partial charge in [0.05, 0.1) is 6.10 Å². The maximum atomic E-state index is 12.4. The van der Waals surface area contributed by atoms with Crippen molar-refractivity contribution in [2.24, 2.45) is 0 Å². The number of rotatable bonds is 3. The van der Waals surface area contributed by atoms with Crippen LogP contribution in [-0.2, 0) is 14.3 Å². The highest BCUT2D eigenvalue weighted by atomic mass is 16.6. The van der Waals surface area contributed by atoms with Crippen LogP contribution in [0.25, 0.3) is 0 Å². The lowest BCUT2D eigenvalue weighted by molar-refractivity contribution is -0.138. The third kappa shape index (κ3) is 5.53. The number of hydrogen-bond donors (Lipinski definition) is 1. The first-order valence-electron chi connectivity index (χ1n) is 7.47. The van der Waals surface area contributed by atoms with Gasteiger partial charge in [0.15, 0.2) is 0 Å². The molecule has 0 aromatic carbocycles. The number of piperidine rings is 1. The van der Waals surface area contributed by atoms with Gasteiger partial charge in [-0.05, 0) is 47.5 Å². The molecule has 2 amide bonds. The van der Waals surface area contributed by atoms with Crippen molar-refractivity contribution in [3.05, 3.63) is 0 Å². The lowest BCUT2D eigenvalue weighted by Crippen LogP contribution is -2.54. The minimum atomic E-state index is -0.596. The third-order valence-corrected chi connectivity index (χ3v) is 3.55. The van der Waals surface area contributed by atoms with Crippen LogP contribution in [0.15, 0.2) is 0 Å². The van der Waals surface area contributed by atoms with Gasteiger partial charge in [0.25, 0.3) is 0 Å². The van der Waals surface area contributed by atoms with Crippen molar-refractivity contribution in [3.63, 3.8) is 0 Å². The summed E-state index contributed by atoms with van der Waals surface area (Å²) in [7, 11) is 1.70. The van der Waals surface area contributed by atoms with Gasteiger partial charge in [-0.2, -0.15) is 0 Å². The zero-order valence-electron chi connectivity index (χ0n) is 13.9. The van der Waals surface area contributed by atoms with E-state index in [2.05, 4.69) is 5.32 Å². The molecule has 3 atom stereocenters. The number of carbonyl (C=O) groups excluding carboxylic acids is 2. The maximum absolute atomic E-state index is 12.4. The van der Waals surface area contributed by atoms with Crippen LogP contribution in [0.3, 0.4) is 0 Å². The molecule has 1 aliphatic heterocycles. The van der Waals surface area contributed by atoms with E-state index in [4.69, 9.17) is 9.47 Å². The van der Waals surface area contributed by atoms with E-state index in [0.29, 0.717) is 6.54 Å². The molecule has 0 aromatic rings. The van der Waals surface area contributed by atoms with Crippen molar-refractivity contribution in [1.29, 1.82) is 0 Å². The second-order valence-electron chi connectivity index (χ2n) is 6.63. The summed E-state index contributed by atoms with van der Waals surface area (Å²) in [6.07, 6.45) is 1.29. The smallest absolute Gasteiger partial charge is 0.408 e. The second kappa shape index (κ2) is 7.11. The summed E-state index contributed by atoms with van der Waals surface area (Å²) in [4.78, 5) is 25.9. The number of alkyl carbamates (subject to hydrolysis) is 1. The highest BCUT2D eigenvalue weighted by Gasteiger charge is 2.32. The molecule has 0 aliphatic carbocycles. The number of carbonyl (C=O) groups is 2. The molecule has 1 saturated heterocycles. The number of methoxy groups -OCH3 is 1. The summed E-state index contributed by atoms with van der Waals surface area (Å²) in [6.45, 7) is 9.70. The topological polar surface area (TPSA) is 67.9 Å². The number of nitrogens with one attached hydrogen (secondary N) is 1. The van der Waals surface area contributed by atoms with Crippen molar-refractivity contribution >= 4 is 12.0 Å². The minimum absolute atomic E-state index is 0.0806. The van der Waals surface area contributed by atoms with Gasteiger partial charge in [-0.3, -0.25) is 4.79 Å². The summed E-state index contributed by atoms with van der Waals surface area (Å²) in [5.41, 5.74) is -0.572. The Hall–Kier alpha value is -1.30. The molecule has 1 aliphatic rings. The molecule has 0 spiro atoms. The fourth-order valence-electron chi connectivity index (χ4n) is 2.47. The van der Waals surface area contributed by atoms with E-state index < -0.39 is 17.7 Å². The predicted molar refractivity (Wildman–Crippen MR) is 80.0 cm³/mol. The Balaban J connectivity index is 2.53. The summed E-state index contributed by atoms with van der Waals surface area (Å²) in [5.74, 6) is -0.0806. The number of nitrogens with zero attached hydrogens (tertiary/aromatic N) is 1. The molecule has 1 N–H and O–H groups in total. The average Bonchev–Trinajstić information content (AvgIpc) is 2.35. The maximum Gasteiger partial charge on any atom is 0.408 e. The van der Waals surface area contributed by atoms with E-state index >= 15 is 0 Å². The standard InChI is InChI=1S/C15H28N2O4/c1-10-9-12(20-6)7-8-17(10)13(18)11(2)16-14(19)21-15(3,4)5/h10-12H,7-9H2,1-6H3,(H,16,19)/t10?,11-,12?/m1/s1. The lowest BCUT2D eigenvalue weighted by Gasteiger charge is -2.38. The number of ether oxygens (including phenoxy) is 2. The number of likely N-dealkylation sites (tertiary alicyclic amines) is 1. The zero-order valence-corrected chi connectivity index (χ0v) is 13.9. The molecule has 6 nitrogen and oxygen atoms in total. The molecular weight excluding hydrogens is 272 g/mol. The molecule has 1 rings (SSSR count). The van der Waals surface area contributed by atoms with Crippen molar-refractivity contribution in [3.8, 4) is 0 Å². The molecule has 0 bridgehead atoms. The van der Waals surface area contributed by atoms with E-state index in [1.807, 2.05) is 6.92 Å². The molecule has 21 heavy (non-hydrogen) atoms. The Kier molecular flexibility index (Phi) is 6.01. The molecule has 122 valence electrons. The lowest BCUT2D eigenvalue weighted by atomic mass is 10.00. The van der Waals surface area contributed by atoms with Crippen LogP contribution < -0.4 is 5.32 Å². The van der Waals surface area contributed by atoms with E-state index in [-0.39, 0.29) is 18.1 Å².